The third kappa shape index (κ3) is 2.81. The Morgan fingerprint density at radius 1 is 1.05 bits per heavy atom. The van der Waals surface area contributed by atoms with E-state index < -0.39 is 0 Å². The van der Waals surface area contributed by atoms with Crippen molar-refractivity contribution in [2.24, 2.45) is 0 Å². The number of nitrogens with two attached hydrogens (primary N) is 1. The largest absolute Gasteiger partial charge is 0.398 e. The summed E-state index contributed by atoms with van der Waals surface area (Å²) in [6.07, 6.45) is 1.45. The summed E-state index contributed by atoms with van der Waals surface area (Å²) in [6, 6.07) is 6.54. The van der Waals surface area contributed by atoms with Crippen LogP contribution in [0.4, 0.5) is 5.69 Å². The van der Waals surface area contributed by atoms with Crippen molar-refractivity contribution in [3.63, 3.8) is 0 Å². The van der Waals surface area contributed by atoms with E-state index in [1.807, 2.05) is 0 Å². The molecule has 1 aromatic carbocycles. The van der Waals surface area contributed by atoms with Gasteiger partial charge < -0.3 is 10.3 Å². The summed E-state index contributed by atoms with van der Waals surface area (Å²) in [5.74, 6) is 0.507. The fourth-order valence-corrected chi connectivity index (χ4v) is 2.38. The molecule has 0 radical (unpaired) electrons. The Bertz CT molecular complexity index is 753. The topological polar surface area (TPSA) is 77.8 Å². The quantitative estimate of drug-likeness (QED) is 0.701. The molecular formula is C13H7Cl3N4O. The molecular weight excluding hydrogens is 335 g/mol. The minimum absolute atomic E-state index is 0.251. The second-order valence-corrected chi connectivity index (χ2v) is 5.42. The summed E-state index contributed by atoms with van der Waals surface area (Å²) in [6.45, 7) is 0. The first-order valence-corrected chi connectivity index (χ1v) is 6.88. The molecule has 0 unspecified atom stereocenters. The highest BCUT2D eigenvalue weighted by atomic mass is 35.5. The average Bonchev–Trinajstić information content (AvgIpc) is 2.87. The molecule has 2 heterocycles. The first-order valence-electron chi connectivity index (χ1n) is 5.75. The Balaban J connectivity index is 2.03. The molecule has 0 fully saturated rings. The van der Waals surface area contributed by atoms with Gasteiger partial charge >= 0.3 is 0 Å². The van der Waals surface area contributed by atoms with Gasteiger partial charge in [0.05, 0.1) is 15.6 Å². The summed E-state index contributed by atoms with van der Waals surface area (Å²) in [5.41, 5.74) is 7.28. The first-order chi connectivity index (χ1) is 10.0. The van der Waals surface area contributed by atoms with Crippen molar-refractivity contribution < 1.29 is 4.52 Å². The van der Waals surface area contributed by atoms with Crippen molar-refractivity contribution in [3.8, 4) is 23.0 Å². The Labute approximate surface area is 134 Å². The number of benzene rings is 1. The van der Waals surface area contributed by atoms with E-state index in [-0.39, 0.29) is 11.7 Å². The van der Waals surface area contributed by atoms with E-state index in [1.54, 1.807) is 24.3 Å². The summed E-state index contributed by atoms with van der Waals surface area (Å²) in [7, 11) is 0. The first kappa shape index (κ1) is 14.1. The maximum absolute atomic E-state index is 6.06. The monoisotopic (exact) mass is 340 g/mol. The van der Waals surface area contributed by atoms with Gasteiger partial charge in [-0.3, -0.25) is 0 Å². The normalized spacial score (nSPS) is 10.8. The summed E-state index contributed by atoms with van der Waals surface area (Å²) >= 11 is 17.7. The molecule has 0 saturated carbocycles. The Kier molecular flexibility index (Phi) is 3.71. The van der Waals surface area contributed by atoms with Gasteiger partial charge in [0.15, 0.2) is 0 Å². The van der Waals surface area contributed by atoms with E-state index >= 15 is 0 Å². The lowest BCUT2D eigenvalue weighted by molar-refractivity contribution is 0.432. The van der Waals surface area contributed by atoms with Gasteiger partial charge in [-0.15, -0.1) is 0 Å². The molecule has 0 spiro atoms. The number of anilines is 1. The zero-order chi connectivity index (χ0) is 15.0. The van der Waals surface area contributed by atoms with Gasteiger partial charge in [-0.05, 0) is 24.3 Å². The standard InChI is InChI=1S/C13H7Cl3N4O/c14-6-1-2-8(10(17)4-6)13-19-12(20-21-13)11-9(16)3-7(15)5-18-11/h1-5H,17H2. The molecule has 0 bridgehead atoms. The van der Waals surface area contributed by atoms with Crippen LogP contribution in [0.1, 0.15) is 0 Å². The molecule has 3 aromatic rings. The number of halogens is 3. The van der Waals surface area contributed by atoms with Crippen molar-refractivity contribution >= 4 is 40.5 Å². The molecule has 3 rings (SSSR count). The second-order valence-electron chi connectivity index (χ2n) is 4.14. The van der Waals surface area contributed by atoms with Gasteiger partial charge in [0.1, 0.15) is 5.69 Å². The number of nitrogens with zero attached hydrogens (tertiary/aromatic N) is 3. The molecule has 2 N–H and O–H groups in total. The van der Waals surface area contributed by atoms with Crippen molar-refractivity contribution in [2.75, 3.05) is 5.73 Å². The van der Waals surface area contributed by atoms with Crippen LogP contribution in [-0.4, -0.2) is 15.1 Å². The molecule has 106 valence electrons. The molecule has 2 aromatic heterocycles. The highest BCUT2D eigenvalue weighted by molar-refractivity contribution is 6.35. The van der Waals surface area contributed by atoms with Gasteiger partial charge in [-0.1, -0.05) is 40.0 Å². The van der Waals surface area contributed by atoms with Crippen LogP contribution in [0.3, 0.4) is 0 Å². The van der Waals surface area contributed by atoms with Crippen molar-refractivity contribution in [1.82, 2.24) is 15.1 Å². The van der Waals surface area contributed by atoms with E-state index in [2.05, 4.69) is 15.1 Å². The van der Waals surface area contributed by atoms with Crippen LogP contribution in [0.15, 0.2) is 35.0 Å². The van der Waals surface area contributed by atoms with E-state index in [9.17, 15) is 0 Å². The van der Waals surface area contributed by atoms with Crippen molar-refractivity contribution in [3.05, 3.63) is 45.5 Å². The molecule has 0 aliphatic heterocycles. The molecule has 0 saturated heterocycles. The van der Waals surface area contributed by atoms with Gasteiger partial charge in [-0.2, -0.15) is 4.98 Å². The van der Waals surface area contributed by atoms with Crippen LogP contribution in [0.5, 0.6) is 0 Å². The Morgan fingerprint density at radius 2 is 1.86 bits per heavy atom. The molecule has 21 heavy (non-hydrogen) atoms. The van der Waals surface area contributed by atoms with Crippen LogP contribution in [0.2, 0.25) is 15.1 Å². The third-order valence-corrected chi connectivity index (χ3v) is 3.42. The van der Waals surface area contributed by atoms with Crippen molar-refractivity contribution in [2.45, 2.75) is 0 Å². The van der Waals surface area contributed by atoms with Gasteiger partial charge in [0, 0.05) is 16.9 Å². The number of rotatable bonds is 2. The molecule has 0 aliphatic carbocycles. The maximum Gasteiger partial charge on any atom is 0.260 e. The van der Waals surface area contributed by atoms with Crippen LogP contribution in [0, 0.1) is 0 Å². The highest BCUT2D eigenvalue weighted by Crippen LogP contribution is 2.30. The number of nitrogen functional groups attached to an aromatic ring is 1. The maximum atomic E-state index is 6.06. The molecule has 0 amide bonds. The fourth-order valence-electron chi connectivity index (χ4n) is 1.74. The molecule has 0 atom stereocenters. The predicted molar refractivity (Wildman–Crippen MR) is 82.4 cm³/mol. The van der Waals surface area contributed by atoms with E-state index in [0.29, 0.717) is 32.0 Å². The highest BCUT2D eigenvalue weighted by Gasteiger charge is 2.16. The second kappa shape index (κ2) is 5.52. The minimum Gasteiger partial charge on any atom is -0.398 e. The lowest BCUT2D eigenvalue weighted by Gasteiger charge is -2.00. The Morgan fingerprint density at radius 3 is 2.57 bits per heavy atom. The number of hydrogen-bond donors (Lipinski definition) is 1. The van der Waals surface area contributed by atoms with Gasteiger partial charge in [-0.25, -0.2) is 4.98 Å². The Hall–Kier alpha value is -1.82. The van der Waals surface area contributed by atoms with Crippen LogP contribution >= 0.6 is 34.8 Å². The predicted octanol–water partition coefficient (Wildman–Crippen LogP) is 4.34. The van der Waals surface area contributed by atoms with E-state index in [1.165, 1.54) is 6.20 Å². The lowest BCUT2D eigenvalue weighted by Crippen LogP contribution is -1.90. The minimum atomic E-state index is 0.251. The van der Waals surface area contributed by atoms with Crippen LogP contribution in [0.25, 0.3) is 23.0 Å². The summed E-state index contributed by atoms with van der Waals surface area (Å²) < 4.78 is 5.20. The zero-order valence-electron chi connectivity index (χ0n) is 10.3. The molecule has 8 heteroatoms. The summed E-state index contributed by atoms with van der Waals surface area (Å²) in [5, 5.41) is 5.14. The van der Waals surface area contributed by atoms with Crippen LogP contribution < -0.4 is 5.73 Å². The zero-order valence-corrected chi connectivity index (χ0v) is 12.6. The number of pyridine rings is 1. The van der Waals surface area contributed by atoms with E-state index in [0.717, 1.165) is 0 Å². The third-order valence-electron chi connectivity index (χ3n) is 2.69. The molecule has 5 nitrogen and oxygen atoms in total. The fraction of sp³-hybridized carbons (Fsp3) is 0. The average molecular weight is 342 g/mol. The van der Waals surface area contributed by atoms with Crippen molar-refractivity contribution in [1.29, 1.82) is 0 Å². The smallest absolute Gasteiger partial charge is 0.260 e. The number of aromatic nitrogens is 3. The lowest BCUT2D eigenvalue weighted by atomic mass is 10.2. The van der Waals surface area contributed by atoms with E-state index in [4.69, 9.17) is 45.1 Å². The molecule has 0 aliphatic rings. The SMILES string of the molecule is Nc1cc(Cl)ccc1-c1nc(-c2ncc(Cl)cc2Cl)no1. The van der Waals surface area contributed by atoms with Gasteiger partial charge in [0.2, 0.25) is 5.82 Å². The van der Waals surface area contributed by atoms with Crippen LogP contribution in [-0.2, 0) is 0 Å². The van der Waals surface area contributed by atoms with Gasteiger partial charge in [0.25, 0.3) is 5.89 Å². The number of hydrogen-bond acceptors (Lipinski definition) is 5. The summed E-state index contributed by atoms with van der Waals surface area (Å²) in [4.78, 5) is 8.33.